The molecular weight excluding hydrogens is 280 g/mol. The molecule has 1 aliphatic heterocycles. The molecule has 2 N–H and O–H groups in total. The van der Waals surface area contributed by atoms with E-state index in [0.717, 1.165) is 32.7 Å². The molecule has 6 nitrogen and oxygen atoms in total. The van der Waals surface area contributed by atoms with Crippen LogP contribution in [0.15, 0.2) is 46.0 Å². The smallest absolute Gasteiger partial charge is 0.310 e. The molecule has 0 atom stereocenters. The van der Waals surface area contributed by atoms with E-state index in [1.165, 1.54) is 11.6 Å². The van der Waals surface area contributed by atoms with Crippen LogP contribution in [0, 0.1) is 0 Å². The minimum Gasteiger partial charge on any atom is -0.310 e. The molecule has 0 spiro atoms. The Morgan fingerprint density at radius 2 is 1.50 bits per heavy atom. The number of hydrogen-bond acceptors (Lipinski definition) is 4. The third-order valence-corrected chi connectivity index (χ3v) is 3.92. The van der Waals surface area contributed by atoms with Crippen molar-refractivity contribution < 1.29 is 0 Å². The summed E-state index contributed by atoms with van der Waals surface area (Å²) in [4.78, 5) is 32.1. The molecule has 0 saturated carbocycles. The number of benzene rings is 1. The molecule has 0 bridgehead atoms. The number of nitrogens with zero attached hydrogens (tertiary/aromatic N) is 2. The number of rotatable bonds is 4. The molecule has 3 rings (SSSR count). The molecule has 2 heterocycles. The lowest BCUT2D eigenvalue weighted by atomic mass is 10.2. The number of aromatic nitrogens is 2. The van der Waals surface area contributed by atoms with Gasteiger partial charge in [0, 0.05) is 51.0 Å². The molecule has 0 unspecified atom stereocenters. The van der Waals surface area contributed by atoms with Crippen LogP contribution in [-0.4, -0.2) is 45.9 Å². The van der Waals surface area contributed by atoms with Crippen LogP contribution >= 0.6 is 0 Å². The maximum atomic E-state index is 11.3. The van der Waals surface area contributed by atoms with Crippen molar-refractivity contribution in [1.29, 1.82) is 0 Å². The van der Waals surface area contributed by atoms with Gasteiger partial charge in [0.25, 0.3) is 5.56 Å². The van der Waals surface area contributed by atoms with Crippen molar-refractivity contribution in [2.45, 2.75) is 13.1 Å². The largest absolute Gasteiger partial charge is 0.325 e. The van der Waals surface area contributed by atoms with E-state index < -0.39 is 5.69 Å². The summed E-state index contributed by atoms with van der Waals surface area (Å²) < 4.78 is 0. The standard InChI is InChI=1S/C16H20N4O2/c21-15-10-14(17-16(22)18-15)12-20-8-6-19(7-9-20)11-13-4-2-1-3-5-13/h1-5,10H,6-9,11-12H2,(H2,17,18,21,22). The second-order valence-electron chi connectivity index (χ2n) is 5.65. The maximum Gasteiger partial charge on any atom is 0.325 e. The van der Waals surface area contributed by atoms with Gasteiger partial charge in [-0.1, -0.05) is 30.3 Å². The second-order valence-corrected chi connectivity index (χ2v) is 5.65. The van der Waals surface area contributed by atoms with Crippen LogP contribution < -0.4 is 11.2 Å². The van der Waals surface area contributed by atoms with Gasteiger partial charge in [-0.25, -0.2) is 4.79 Å². The second kappa shape index (κ2) is 6.72. The van der Waals surface area contributed by atoms with E-state index in [9.17, 15) is 9.59 Å². The first kappa shape index (κ1) is 14.7. The summed E-state index contributed by atoms with van der Waals surface area (Å²) in [7, 11) is 0. The van der Waals surface area contributed by atoms with Gasteiger partial charge in [-0.05, 0) is 5.56 Å². The predicted octanol–water partition coefficient (Wildman–Crippen LogP) is 0.381. The first-order valence-corrected chi connectivity index (χ1v) is 7.50. The lowest BCUT2D eigenvalue weighted by molar-refractivity contribution is 0.121. The number of nitrogens with one attached hydrogen (secondary N) is 2. The Hall–Kier alpha value is -2.18. The van der Waals surface area contributed by atoms with Gasteiger partial charge in [-0.2, -0.15) is 0 Å². The van der Waals surface area contributed by atoms with Gasteiger partial charge in [0.2, 0.25) is 0 Å². The van der Waals surface area contributed by atoms with Gasteiger partial charge >= 0.3 is 5.69 Å². The topological polar surface area (TPSA) is 72.2 Å². The lowest BCUT2D eigenvalue weighted by Crippen LogP contribution is -2.45. The fourth-order valence-corrected chi connectivity index (χ4v) is 2.79. The van der Waals surface area contributed by atoms with Crippen molar-refractivity contribution >= 4 is 0 Å². The van der Waals surface area contributed by atoms with Crippen LogP contribution in [0.1, 0.15) is 11.3 Å². The van der Waals surface area contributed by atoms with E-state index in [4.69, 9.17) is 0 Å². The number of hydrogen-bond donors (Lipinski definition) is 2. The van der Waals surface area contributed by atoms with E-state index in [-0.39, 0.29) is 5.56 Å². The summed E-state index contributed by atoms with van der Waals surface area (Å²) in [5.41, 5.74) is 1.21. The van der Waals surface area contributed by atoms with E-state index in [1.807, 2.05) is 6.07 Å². The molecule has 0 radical (unpaired) electrons. The molecule has 116 valence electrons. The molecule has 0 aliphatic carbocycles. The predicted molar refractivity (Wildman–Crippen MR) is 84.7 cm³/mol. The first-order chi connectivity index (χ1) is 10.7. The van der Waals surface area contributed by atoms with Gasteiger partial charge in [0.15, 0.2) is 0 Å². The van der Waals surface area contributed by atoms with Crippen LogP contribution in [0.4, 0.5) is 0 Å². The van der Waals surface area contributed by atoms with Gasteiger partial charge in [0.1, 0.15) is 0 Å². The molecule has 1 aromatic carbocycles. The van der Waals surface area contributed by atoms with Crippen LogP contribution in [0.2, 0.25) is 0 Å². The highest BCUT2D eigenvalue weighted by molar-refractivity contribution is 5.14. The summed E-state index contributed by atoms with van der Waals surface area (Å²) in [5.74, 6) is 0. The van der Waals surface area contributed by atoms with Crippen molar-refractivity contribution in [3.63, 3.8) is 0 Å². The van der Waals surface area contributed by atoms with E-state index in [0.29, 0.717) is 12.2 Å². The van der Waals surface area contributed by atoms with Gasteiger partial charge in [-0.3, -0.25) is 19.6 Å². The Morgan fingerprint density at radius 1 is 0.864 bits per heavy atom. The molecule has 1 saturated heterocycles. The van der Waals surface area contributed by atoms with Gasteiger partial charge < -0.3 is 4.98 Å². The zero-order valence-corrected chi connectivity index (χ0v) is 12.4. The summed E-state index contributed by atoms with van der Waals surface area (Å²) >= 11 is 0. The minimum atomic E-state index is -0.440. The van der Waals surface area contributed by atoms with Crippen LogP contribution in [0.3, 0.4) is 0 Å². The van der Waals surface area contributed by atoms with Crippen molar-refractivity contribution in [3.05, 3.63) is 68.5 Å². The van der Waals surface area contributed by atoms with Crippen LogP contribution in [0.5, 0.6) is 0 Å². The van der Waals surface area contributed by atoms with E-state index in [2.05, 4.69) is 44.0 Å². The van der Waals surface area contributed by atoms with E-state index >= 15 is 0 Å². The average molecular weight is 300 g/mol. The zero-order chi connectivity index (χ0) is 15.4. The Bertz CT molecular complexity index is 686. The van der Waals surface area contributed by atoms with Crippen molar-refractivity contribution in [3.8, 4) is 0 Å². The Labute approximate surface area is 128 Å². The Balaban J connectivity index is 1.53. The summed E-state index contributed by atoms with van der Waals surface area (Å²) in [5, 5.41) is 0. The molecule has 1 fully saturated rings. The number of H-pyrrole nitrogens is 2. The fraction of sp³-hybridized carbons (Fsp3) is 0.375. The minimum absolute atomic E-state index is 0.346. The van der Waals surface area contributed by atoms with Crippen molar-refractivity contribution in [1.82, 2.24) is 19.8 Å². The summed E-state index contributed by atoms with van der Waals surface area (Å²) in [6.07, 6.45) is 0. The maximum absolute atomic E-state index is 11.3. The fourth-order valence-electron chi connectivity index (χ4n) is 2.79. The lowest BCUT2D eigenvalue weighted by Gasteiger charge is -2.34. The normalized spacial score (nSPS) is 16.7. The highest BCUT2D eigenvalue weighted by Gasteiger charge is 2.17. The van der Waals surface area contributed by atoms with Crippen molar-refractivity contribution in [2.24, 2.45) is 0 Å². The van der Waals surface area contributed by atoms with Crippen LogP contribution in [-0.2, 0) is 13.1 Å². The highest BCUT2D eigenvalue weighted by atomic mass is 16.2. The SMILES string of the molecule is O=c1cc(CN2CCN(Cc3ccccc3)CC2)[nH]c(=O)[nH]1. The average Bonchev–Trinajstić information content (AvgIpc) is 2.49. The number of piperazine rings is 1. The molecule has 22 heavy (non-hydrogen) atoms. The van der Waals surface area contributed by atoms with Crippen molar-refractivity contribution in [2.75, 3.05) is 26.2 Å². The quantitative estimate of drug-likeness (QED) is 0.856. The Morgan fingerprint density at radius 3 is 2.14 bits per heavy atom. The first-order valence-electron chi connectivity index (χ1n) is 7.50. The molecule has 0 amide bonds. The molecule has 1 aromatic heterocycles. The molecule has 2 aromatic rings. The number of aromatic amines is 2. The highest BCUT2D eigenvalue weighted by Crippen LogP contribution is 2.09. The van der Waals surface area contributed by atoms with Crippen LogP contribution in [0.25, 0.3) is 0 Å². The van der Waals surface area contributed by atoms with Gasteiger partial charge in [-0.15, -0.1) is 0 Å². The monoisotopic (exact) mass is 300 g/mol. The third-order valence-electron chi connectivity index (χ3n) is 3.92. The summed E-state index contributed by atoms with van der Waals surface area (Å²) in [6, 6.07) is 11.9. The molecule has 1 aliphatic rings. The van der Waals surface area contributed by atoms with E-state index in [1.54, 1.807) is 0 Å². The molecule has 6 heteroatoms. The third kappa shape index (κ3) is 3.93. The van der Waals surface area contributed by atoms with Gasteiger partial charge in [0.05, 0.1) is 0 Å². The zero-order valence-electron chi connectivity index (χ0n) is 12.4. The molecular formula is C16H20N4O2. The Kier molecular flexibility index (Phi) is 4.50. The summed E-state index contributed by atoms with van der Waals surface area (Å²) in [6.45, 7) is 5.42.